The summed E-state index contributed by atoms with van der Waals surface area (Å²) in [7, 11) is 0. The average molecular weight is 447 g/mol. The van der Waals surface area contributed by atoms with Crippen molar-refractivity contribution < 1.29 is 0 Å². The van der Waals surface area contributed by atoms with Gasteiger partial charge in [0.05, 0.1) is 11.4 Å². The monoisotopic (exact) mass is 446 g/mol. The van der Waals surface area contributed by atoms with Gasteiger partial charge < -0.3 is 0 Å². The molecule has 2 nitrogen and oxygen atoms in total. The third-order valence-electron chi connectivity index (χ3n) is 8.58. The van der Waals surface area contributed by atoms with E-state index in [-0.39, 0.29) is 0 Å². The lowest BCUT2D eigenvalue weighted by atomic mass is 9.86. The third kappa shape index (κ3) is 2.27. The van der Waals surface area contributed by atoms with Gasteiger partial charge in [-0.2, -0.15) is 0 Å². The normalized spacial score (nSPS) is 14.9. The van der Waals surface area contributed by atoms with Gasteiger partial charge in [0.2, 0.25) is 0 Å². The minimum atomic E-state index is 0.957. The van der Waals surface area contributed by atoms with E-state index >= 15 is 0 Å². The Labute approximate surface area is 204 Å². The van der Waals surface area contributed by atoms with Crippen LogP contribution in [0.4, 0.5) is 17.2 Å². The van der Waals surface area contributed by atoms with Gasteiger partial charge in [-0.25, -0.2) is 4.98 Å². The van der Waals surface area contributed by atoms with E-state index in [1.54, 1.807) is 0 Å². The first-order valence-corrected chi connectivity index (χ1v) is 12.6. The van der Waals surface area contributed by atoms with Crippen LogP contribution in [0, 0.1) is 0 Å². The number of hydrogen-bond donors (Lipinski definition) is 0. The molecule has 4 aromatic carbocycles. The summed E-state index contributed by atoms with van der Waals surface area (Å²) in [6, 6.07) is 29.7. The van der Waals surface area contributed by atoms with Gasteiger partial charge in [-0.15, -0.1) is 0 Å². The lowest BCUT2D eigenvalue weighted by molar-refractivity contribution is 0.979. The van der Waals surface area contributed by atoms with E-state index in [0.29, 0.717) is 0 Å². The van der Waals surface area contributed by atoms with Crippen molar-refractivity contribution in [2.24, 2.45) is 0 Å². The van der Waals surface area contributed by atoms with E-state index in [9.17, 15) is 0 Å². The summed E-state index contributed by atoms with van der Waals surface area (Å²) >= 11 is 0. The summed E-state index contributed by atoms with van der Waals surface area (Å²) in [5, 5.41) is 0. The topological polar surface area (TPSA) is 16.1 Å². The molecule has 0 fully saturated rings. The summed E-state index contributed by atoms with van der Waals surface area (Å²) in [6.07, 6.45) is 5.98. The second-order valence-electron chi connectivity index (χ2n) is 10.4. The summed E-state index contributed by atoms with van der Waals surface area (Å²) in [6.45, 7) is 0. The van der Waals surface area contributed by atoms with Gasteiger partial charge in [0, 0.05) is 19.0 Å². The maximum Gasteiger partial charge on any atom is 0.141 e. The summed E-state index contributed by atoms with van der Waals surface area (Å²) in [5.74, 6) is 1.09. The van der Waals surface area contributed by atoms with Crippen molar-refractivity contribution in [3.05, 3.63) is 130 Å². The predicted octanol–water partition coefficient (Wildman–Crippen LogP) is 7.50. The number of nitrogens with zero attached hydrogens (tertiary/aromatic N) is 2. The molecule has 4 aliphatic rings. The zero-order valence-electron chi connectivity index (χ0n) is 19.3. The van der Waals surface area contributed by atoms with Crippen molar-refractivity contribution >= 4 is 17.2 Å². The molecule has 2 aliphatic heterocycles. The molecule has 0 spiro atoms. The molecule has 164 valence electrons. The van der Waals surface area contributed by atoms with Crippen LogP contribution in [0.1, 0.15) is 44.5 Å². The van der Waals surface area contributed by atoms with Crippen molar-refractivity contribution in [2.45, 2.75) is 25.7 Å². The first kappa shape index (κ1) is 18.2. The predicted molar refractivity (Wildman–Crippen MR) is 141 cm³/mol. The zero-order chi connectivity index (χ0) is 22.7. The Kier molecular flexibility index (Phi) is 3.27. The molecule has 5 aromatic rings. The van der Waals surface area contributed by atoms with Crippen molar-refractivity contribution in [1.29, 1.82) is 0 Å². The fourth-order valence-corrected chi connectivity index (χ4v) is 7.09. The largest absolute Gasteiger partial charge is 0.294 e. The highest BCUT2D eigenvalue weighted by Crippen LogP contribution is 2.53. The smallest absolute Gasteiger partial charge is 0.141 e. The van der Waals surface area contributed by atoms with Crippen LogP contribution < -0.4 is 4.90 Å². The first-order valence-electron chi connectivity index (χ1n) is 12.6. The maximum absolute atomic E-state index is 4.88. The second-order valence-corrected chi connectivity index (χ2v) is 10.4. The van der Waals surface area contributed by atoms with Crippen LogP contribution in [0.25, 0.3) is 22.3 Å². The minimum absolute atomic E-state index is 0.957. The SMILES string of the molecule is c1ccc2c(c1)Cc1c-2ccc2c1Cc1cc3c(cc1-2)N1c2ncccc2Cc2cccc(c21)C3. The van der Waals surface area contributed by atoms with Crippen LogP contribution in [0.15, 0.2) is 85.1 Å². The van der Waals surface area contributed by atoms with Gasteiger partial charge in [-0.3, -0.25) is 4.90 Å². The lowest BCUT2D eigenvalue weighted by Gasteiger charge is -2.38. The standard InChI is InChI=1S/C33H22N2/c1-2-9-25-19(5-1)16-29-26(25)10-11-27-28-18-31-24(15-23(28)17-30(27)29)14-21-7-3-6-20-13-22-8-4-12-34-33(22)35(31)32(20)21/h1-12,15,18H,13-14,16-17H2. The minimum Gasteiger partial charge on any atom is -0.294 e. The maximum atomic E-state index is 4.88. The summed E-state index contributed by atoms with van der Waals surface area (Å²) < 4.78 is 0. The number of pyridine rings is 1. The Morgan fingerprint density at radius 2 is 1.23 bits per heavy atom. The highest BCUT2D eigenvalue weighted by Gasteiger charge is 2.35. The van der Waals surface area contributed by atoms with Crippen LogP contribution in [0.5, 0.6) is 0 Å². The zero-order valence-corrected chi connectivity index (χ0v) is 19.3. The van der Waals surface area contributed by atoms with Gasteiger partial charge in [0.25, 0.3) is 0 Å². The highest BCUT2D eigenvalue weighted by molar-refractivity contribution is 5.93. The van der Waals surface area contributed by atoms with E-state index in [1.165, 1.54) is 78.1 Å². The number of para-hydroxylation sites is 1. The van der Waals surface area contributed by atoms with Crippen LogP contribution in [-0.2, 0) is 25.7 Å². The number of benzene rings is 4. The van der Waals surface area contributed by atoms with Crippen LogP contribution in [-0.4, -0.2) is 4.98 Å². The van der Waals surface area contributed by atoms with Gasteiger partial charge in [0.15, 0.2) is 0 Å². The molecule has 9 rings (SSSR count). The average Bonchev–Trinajstić information content (AvgIpc) is 3.45. The molecule has 0 N–H and O–H groups in total. The van der Waals surface area contributed by atoms with Crippen molar-refractivity contribution in [3.63, 3.8) is 0 Å². The Morgan fingerprint density at radius 3 is 2.11 bits per heavy atom. The van der Waals surface area contributed by atoms with Gasteiger partial charge in [-0.05, 0) is 91.7 Å². The fourth-order valence-electron chi connectivity index (χ4n) is 7.09. The molecular weight excluding hydrogens is 424 g/mol. The number of anilines is 3. The van der Waals surface area contributed by atoms with Gasteiger partial charge in [-0.1, -0.05) is 66.7 Å². The van der Waals surface area contributed by atoms with E-state index in [2.05, 4.69) is 83.8 Å². The number of aromatic nitrogens is 1. The summed E-state index contributed by atoms with van der Waals surface area (Å²) in [5.41, 5.74) is 19.9. The Morgan fingerprint density at radius 1 is 0.514 bits per heavy atom. The van der Waals surface area contributed by atoms with Crippen LogP contribution in [0.2, 0.25) is 0 Å². The van der Waals surface area contributed by atoms with E-state index in [0.717, 1.165) is 31.5 Å². The molecular formula is C33H22N2. The van der Waals surface area contributed by atoms with Crippen LogP contribution in [0.3, 0.4) is 0 Å². The third-order valence-corrected chi connectivity index (χ3v) is 8.58. The molecule has 3 heterocycles. The molecule has 0 bridgehead atoms. The number of rotatable bonds is 0. The fraction of sp³-hybridized carbons (Fsp3) is 0.121. The number of hydrogen-bond acceptors (Lipinski definition) is 2. The van der Waals surface area contributed by atoms with Crippen molar-refractivity contribution in [3.8, 4) is 22.3 Å². The van der Waals surface area contributed by atoms with E-state index in [1.807, 2.05) is 6.20 Å². The Balaban J connectivity index is 1.26. The lowest BCUT2D eigenvalue weighted by Crippen LogP contribution is -2.25. The molecule has 35 heavy (non-hydrogen) atoms. The quantitative estimate of drug-likeness (QED) is 0.240. The molecule has 0 saturated carbocycles. The van der Waals surface area contributed by atoms with E-state index in [4.69, 9.17) is 4.98 Å². The molecule has 2 aliphatic carbocycles. The Hall–Kier alpha value is -4.17. The second kappa shape index (κ2) is 6.28. The summed E-state index contributed by atoms with van der Waals surface area (Å²) in [4.78, 5) is 7.33. The molecule has 0 radical (unpaired) electrons. The molecule has 0 unspecified atom stereocenters. The highest BCUT2D eigenvalue weighted by atomic mass is 15.2. The molecule has 0 saturated heterocycles. The molecule has 1 aromatic heterocycles. The Bertz CT molecular complexity index is 1760. The molecule has 0 atom stereocenters. The van der Waals surface area contributed by atoms with Gasteiger partial charge >= 0.3 is 0 Å². The first-order chi connectivity index (χ1) is 17.3. The molecule has 2 heteroatoms. The van der Waals surface area contributed by atoms with Crippen molar-refractivity contribution in [1.82, 2.24) is 4.98 Å². The van der Waals surface area contributed by atoms with Gasteiger partial charge in [0.1, 0.15) is 5.82 Å². The van der Waals surface area contributed by atoms with Crippen molar-refractivity contribution in [2.75, 3.05) is 4.90 Å². The van der Waals surface area contributed by atoms with E-state index < -0.39 is 0 Å². The number of fused-ring (bicyclic) bond motifs is 11. The molecule has 0 amide bonds. The van der Waals surface area contributed by atoms with Crippen LogP contribution >= 0.6 is 0 Å².